The summed E-state index contributed by atoms with van der Waals surface area (Å²) in [7, 11) is 0. The minimum absolute atomic E-state index is 0.0449. The van der Waals surface area contributed by atoms with Crippen LogP contribution >= 0.6 is 0 Å². The van der Waals surface area contributed by atoms with Crippen molar-refractivity contribution in [2.75, 3.05) is 18.4 Å². The summed E-state index contributed by atoms with van der Waals surface area (Å²) < 4.78 is 13.9. The average Bonchev–Trinajstić information content (AvgIpc) is 2.70. The Kier molecular flexibility index (Phi) is 5.16. The van der Waals surface area contributed by atoms with E-state index in [1.807, 2.05) is 48.5 Å². The lowest BCUT2D eigenvalue weighted by Gasteiger charge is -2.32. The van der Waals surface area contributed by atoms with Gasteiger partial charge < -0.3 is 5.32 Å². The first kappa shape index (κ1) is 17.7. The molecule has 4 heteroatoms. The lowest BCUT2D eigenvalue weighted by Crippen LogP contribution is -2.40. The number of carbonyl (C=O) groups is 1. The van der Waals surface area contributed by atoms with Crippen molar-refractivity contribution >= 4 is 22.4 Å². The molecule has 0 aliphatic carbocycles. The summed E-state index contributed by atoms with van der Waals surface area (Å²) in [5.74, 6) is -0.208. The zero-order valence-corrected chi connectivity index (χ0v) is 15.2. The molecule has 1 N–H and O–H groups in total. The van der Waals surface area contributed by atoms with E-state index in [4.69, 9.17) is 0 Å². The SMILES string of the molecule is O=C(Nc1ccc2ccccc2c1)C1CCCN(Cc2ccccc2F)C1. The smallest absolute Gasteiger partial charge is 0.228 e. The topological polar surface area (TPSA) is 32.3 Å². The quantitative estimate of drug-likeness (QED) is 0.721. The summed E-state index contributed by atoms with van der Waals surface area (Å²) in [6.07, 6.45) is 1.82. The predicted molar refractivity (Wildman–Crippen MR) is 107 cm³/mol. The van der Waals surface area contributed by atoms with Crippen molar-refractivity contribution in [1.29, 1.82) is 0 Å². The Bertz CT molecular complexity index is 956. The number of piperidine rings is 1. The molecule has 4 rings (SSSR count). The molecule has 3 nitrogen and oxygen atoms in total. The molecule has 1 saturated heterocycles. The second kappa shape index (κ2) is 7.89. The van der Waals surface area contributed by atoms with Gasteiger partial charge in [0, 0.05) is 24.3 Å². The summed E-state index contributed by atoms with van der Waals surface area (Å²) in [5.41, 5.74) is 1.51. The Morgan fingerprint density at radius 3 is 2.67 bits per heavy atom. The van der Waals surface area contributed by atoms with E-state index in [9.17, 15) is 9.18 Å². The first-order chi connectivity index (χ1) is 13.2. The number of likely N-dealkylation sites (tertiary alicyclic amines) is 1. The molecular formula is C23H23FN2O. The summed E-state index contributed by atoms with van der Waals surface area (Å²) in [6.45, 7) is 2.11. The molecule has 0 bridgehead atoms. The Balaban J connectivity index is 1.41. The molecule has 27 heavy (non-hydrogen) atoms. The molecular weight excluding hydrogens is 339 g/mol. The Morgan fingerprint density at radius 1 is 1.04 bits per heavy atom. The summed E-state index contributed by atoms with van der Waals surface area (Å²) >= 11 is 0. The largest absolute Gasteiger partial charge is 0.326 e. The van der Waals surface area contributed by atoms with Crippen molar-refractivity contribution in [3.8, 4) is 0 Å². The highest BCUT2D eigenvalue weighted by atomic mass is 19.1. The molecule has 1 heterocycles. The monoisotopic (exact) mass is 362 g/mol. The molecule has 3 aromatic carbocycles. The summed E-state index contributed by atoms with van der Waals surface area (Å²) in [4.78, 5) is 14.9. The fourth-order valence-electron chi connectivity index (χ4n) is 3.79. The molecule has 1 fully saturated rings. The molecule has 0 spiro atoms. The molecule has 1 amide bonds. The highest BCUT2D eigenvalue weighted by molar-refractivity contribution is 5.95. The van der Waals surface area contributed by atoms with Gasteiger partial charge in [-0.25, -0.2) is 4.39 Å². The number of halogens is 1. The van der Waals surface area contributed by atoms with Crippen molar-refractivity contribution in [3.63, 3.8) is 0 Å². The molecule has 1 unspecified atom stereocenters. The standard InChI is InChI=1S/C23H23FN2O/c24-22-10-4-3-8-19(22)15-26-13-5-9-20(16-26)23(27)25-21-12-11-17-6-1-2-7-18(17)14-21/h1-4,6-8,10-12,14,20H,5,9,13,15-16H2,(H,25,27). The van der Waals surface area contributed by atoms with Crippen LogP contribution in [0.15, 0.2) is 66.7 Å². The molecule has 1 aliphatic rings. The lowest BCUT2D eigenvalue weighted by atomic mass is 9.96. The molecule has 0 saturated carbocycles. The highest BCUT2D eigenvalue weighted by Crippen LogP contribution is 2.23. The summed E-state index contributed by atoms with van der Waals surface area (Å²) in [6, 6.07) is 20.9. The van der Waals surface area contributed by atoms with Gasteiger partial charge in [-0.3, -0.25) is 9.69 Å². The van der Waals surface area contributed by atoms with Crippen LogP contribution in [-0.4, -0.2) is 23.9 Å². The summed E-state index contributed by atoms with van der Waals surface area (Å²) in [5, 5.41) is 5.33. The van der Waals surface area contributed by atoms with Gasteiger partial charge in [-0.15, -0.1) is 0 Å². The van der Waals surface area contributed by atoms with Crippen LogP contribution in [0.5, 0.6) is 0 Å². The number of nitrogens with one attached hydrogen (secondary N) is 1. The van der Waals surface area contributed by atoms with E-state index in [-0.39, 0.29) is 17.6 Å². The Hall–Kier alpha value is -2.72. The van der Waals surface area contributed by atoms with E-state index >= 15 is 0 Å². The van der Waals surface area contributed by atoms with Crippen LogP contribution in [0.25, 0.3) is 10.8 Å². The number of hydrogen-bond acceptors (Lipinski definition) is 2. The second-order valence-electron chi connectivity index (χ2n) is 7.22. The average molecular weight is 362 g/mol. The first-order valence-corrected chi connectivity index (χ1v) is 9.44. The number of nitrogens with zero attached hydrogens (tertiary/aromatic N) is 1. The van der Waals surface area contributed by atoms with Crippen LogP contribution in [0.3, 0.4) is 0 Å². The zero-order valence-electron chi connectivity index (χ0n) is 15.2. The number of benzene rings is 3. The number of fused-ring (bicyclic) bond motifs is 1. The Labute approximate surface area is 158 Å². The molecule has 138 valence electrons. The van der Waals surface area contributed by atoms with Gasteiger partial charge in [-0.1, -0.05) is 48.5 Å². The normalized spacial score (nSPS) is 17.7. The number of amides is 1. The van der Waals surface area contributed by atoms with Gasteiger partial charge in [0.2, 0.25) is 5.91 Å². The molecule has 3 aromatic rings. The maximum Gasteiger partial charge on any atom is 0.228 e. The Morgan fingerprint density at radius 2 is 1.81 bits per heavy atom. The van der Waals surface area contributed by atoms with Crippen LogP contribution in [0.4, 0.5) is 10.1 Å². The minimum Gasteiger partial charge on any atom is -0.326 e. The minimum atomic E-state index is -0.180. The maximum absolute atomic E-state index is 13.9. The van der Waals surface area contributed by atoms with Crippen molar-refractivity contribution in [2.45, 2.75) is 19.4 Å². The number of carbonyl (C=O) groups excluding carboxylic acids is 1. The van der Waals surface area contributed by atoms with Crippen LogP contribution in [0, 0.1) is 11.7 Å². The number of anilines is 1. The van der Waals surface area contributed by atoms with Gasteiger partial charge in [0.1, 0.15) is 5.82 Å². The molecule has 0 aromatic heterocycles. The van der Waals surface area contributed by atoms with Gasteiger partial charge in [0.25, 0.3) is 0 Å². The van der Waals surface area contributed by atoms with Crippen LogP contribution in [-0.2, 0) is 11.3 Å². The third-order valence-electron chi connectivity index (χ3n) is 5.25. The molecule has 1 atom stereocenters. The number of rotatable bonds is 4. The van der Waals surface area contributed by atoms with Gasteiger partial charge in [-0.2, -0.15) is 0 Å². The van der Waals surface area contributed by atoms with E-state index in [0.717, 1.165) is 35.8 Å². The molecule has 0 radical (unpaired) electrons. The van der Waals surface area contributed by atoms with E-state index < -0.39 is 0 Å². The van der Waals surface area contributed by atoms with Crippen molar-refractivity contribution in [1.82, 2.24) is 4.90 Å². The van der Waals surface area contributed by atoms with E-state index in [1.165, 1.54) is 6.07 Å². The van der Waals surface area contributed by atoms with Crippen LogP contribution < -0.4 is 5.32 Å². The fourth-order valence-corrected chi connectivity index (χ4v) is 3.79. The van der Waals surface area contributed by atoms with Crippen molar-refractivity contribution in [2.24, 2.45) is 5.92 Å². The first-order valence-electron chi connectivity index (χ1n) is 9.44. The second-order valence-corrected chi connectivity index (χ2v) is 7.22. The van der Waals surface area contributed by atoms with Crippen molar-refractivity contribution < 1.29 is 9.18 Å². The van der Waals surface area contributed by atoms with Crippen LogP contribution in [0.1, 0.15) is 18.4 Å². The third kappa shape index (κ3) is 4.17. The van der Waals surface area contributed by atoms with E-state index in [2.05, 4.69) is 16.3 Å². The fraction of sp³-hybridized carbons (Fsp3) is 0.261. The van der Waals surface area contributed by atoms with Gasteiger partial charge in [0.05, 0.1) is 5.92 Å². The zero-order chi connectivity index (χ0) is 18.6. The van der Waals surface area contributed by atoms with Crippen molar-refractivity contribution in [3.05, 3.63) is 78.1 Å². The highest BCUT2D eigenvalue weighted by Gasteiger charge is 2.26. The van der Waals surface area contributed by atoms with E-state index in [1.54, 1.807) is 6.07 Å². The molecule has 1 aliphatic heterocycles. The lowest BCUT2D eigenvalue weighted by molar-refractivity contribution is -0.121. The van der Waals surface area contributed by atoms with Gasteiger partial charge in [0.15, 0.2) is 0 Å². The van der Waals surface area contributed by atoms with E-state index in [0.29, 0.717) is 18.7 Å². The predicted octanol–water partition coefficient (Wildman–Crippen LogP) is 4.83. The van der Waals surface area contributed by atoms with Crippen LogP contribution in [0.2, 0.25) is 0 Å². The third-order valence-corrected chi connectivity index (χ3v) is 5.25. The maximum atomic E-state index is 13.9. The van der Waals surface area contributed by atoms with Gasteiger partial charge in [-0.05, 0) is 48.4 Å². The van der Waals surface area contributed by atoms with Gasteiger partial charge >= 0.3 is 0 Å². The number of hydrogen-bond donors (Lipinski definition) is 1.